The summed E-state index contributed by atoms with van der Waals surface area (Å²) in [7, 11) is 0. The van der Waals surface area contributed by atoms with Gasteiger partial charge in [0.1, 0.15) is 5.82 Å². The fourth-order valence-corrected chi connectivity index (χ4v) is 3.28. The van der Waals surface area contributed by atoms with E-state index in [0.717, 1.165) is 24.5 Å². The predicted molar refractivity (Wildman–Crippen MR) is 101 cm³/mol. The highest BCUT2D eigenvalue weighted by molar-refractivity contribution is 5.95. The van der Waals surface area contributed by atoms with Crippen molar-refractivity contribution in [1.29, 1.82) is 0 Å². The zero-order valence-corrected chi connectivity index (χ0v) is 15.2. The number of piperazine rings is 1. The van der Waals surface area contributed by atoms with Crippen LogP contribution in [0.2, 0.25) is 0 Å². The minimum absolute atomic E-state index is 0.0352. The summed E-state index contributed by atoms with van der Waals surface area (Å²) in [6.07, 6.45) is 1.79. The van der Waals surface area contributed by atoms with Gasteiger partial charge >= 0.3 is 0 Å². The second-order valence-corrected chi connectivity index (χ2v) is 6.37. The van der Waals surface area contributed by atoms with Gasteiger partial charge in [-0.05, 0) is 41.6 Å². The third kappa shape index (κ3) is 3.51. The third-order valence-corrected chi connectivity index (χ3v) is 4.74. The molecule has 3 aromatic rings. The van der Waals surface area contributed by atoms with Crippen molar-refractivity contribution >= 4 is 11.7 Å². The lowest BCUT2D eigenvalue weighted by Crippen LogP contribution is -2.49. The number of pyridine rings is 1. The molecule has 0 bridgehead atoms. The molecule has 2 aromatic heterocycles. The highest BCUT2D eigenvalue weighted by atomic mass is 16.2. The molecule has 8 nitrogen and oxygen atoms in total. The van der Waals surface area contributed by atoms with E-state index in [0.29, 0.717) is 31.0 Å². The van der Waals surface area contributed by atoms with E-state index in [1.165, 1.54) is 0 Å². The smallest absolute Gasteiger partial charge is 0.253 e. The first kappa shape index (κ1) is 17.1. The van der Waals surface area contributed by atoms with Crippen LogP contribution in [0.1, 0.15) is 17.3 Å². The Morgan fingerprint density at radius 2 is 1.93 bits per heavy atom. The average molecular weight is 363 g/mol. The lowest BCUT2D eigenvalue weighted by molar-refractivity contribution is 0.0746. The first-order valence-electron chi connectivity index (χ1n) is 9.08. The molecule has 0 unspecified atom stereocenters. The summed E-state index contributed by atoms with van der Waals surface area (Å²) < 4.78 is 1.72. The number of benzene rings is 1. The maximum atomic E-state index is 13.0. The minimum atomic E-state index is 0.0352. The van der Waals surface area contributed by atoms with Gasteiger partial charge in [-0.1, -0.05) is 18.2 Å². The molecule has 1 aromatic carbocycles. The number of aryl methyl sites for hydroxylation is 1. The van der Waals surface area contributed by atoms with Gasteiger partial charge < -0.3 is 9.80 Å². The third-order valence-electron chi connectivity index (χ3n) is 4.74. The van der Waals surface area contributed by atoms with Crippen LogP contribution in [0.5, 0.6) is 0 Å². The van der Waals surface area contributed by atoms with Crippen LogP contribution in [0, 0.1) is 0 Å². The predicted octanol–water partition coefficient (Wildman–Crippen LogP) is 1.72. The molecule has 1 fully saturated rings. The van der Waals surface area contributed by atoms with Crippen LogP contribution in [0.25, 0.3) is 11.4 Å². The molecular formula is C19H21N7O. The molecule has 0 aliphatic carbocycles. The molecule has 1 aliphatic heterocycles. The zero-order valence-electron chi connectivity index (χ0n) is 15.2. The van der Waals surface area contributed by atoms with E-state index in [2.05, 4.69) is 25.4 Å². The molecule has 1 aliphatic rings. The molecular weight excluding hydrogens is 342 g/mol. The van der Waals surface area contributed by atoms with Gasteiger partial charge in [0.05, 0.1) is 0 Å². The van der Waals surface area contributed by atoms with Crippen LogP contribution in [0.15, 0.2) is 48.7 Å². The molecule has 138 valence electrons. The van der Waals surface area contributed by atoms with E-state index in [-0.39, 0.29) is 5.91 Å². The number of carbonyl (C=O) groups is 1. The summed E-state index contributed by atoms with van der Waals surface area (Å²) in [4.78, 5) is 21.4. The average Bonchev–Trinajstić information content (AvgIpc) is 3.23. The number of nitrogens with zero attached hydrogens (tertiary/aromatic N) is 7. The van der Waals surface area contributed by atoms with Crippen molar-refractivity contribution in [3.63, 3.8) is 0 Å². The maximum absolute atomic E-state index is 13.0. The number of tetrazole rings is 1. The summed E-state index contributed by atoms with van der Waals surface area (Å²) in [5.74, 6) is 1.66. The summed E-state index contributed by atoms with van der Waals surface area (Å²) in [5.41, 5.74) is 1.50. The molecule has 0 radical (unpaired) electrons. The summed E-state index contributed by atoms with van der Waals surface area (Å²) in [6.45, 7) is 5.55. The first-order valence-corrected chi connectivity index (χ1v) is 9.08. The quantitative estimate of drug-likeness (QED) is 0.702. The van der Waals surface area contributed by atoms with Gasteiger partial charge in [0.2, 0.25) is 0 Å². The minimum Gasteiger partial charge on any atom is -0.353 e. The number of rotatable bonds is 4. The Morgan fingerprint density at radius 1 is 1.07 bits per heavy atom. The molecule has 0 atom stereocenters. The van der Waals surface area contributed by atoms with Crippen molar-refractivity contribution in [2.75, 3.05) is 31.1 Å². The highest BCUT2D eigenvalue weighted by Gasteiger charge is 2.23. The molecule has 1 saturated heterocycles. The number of carbonyl (C=O) groups excluding carboxylic acids is 1. The Kier molecular flexibility index (Phi) is 4.78. The molecule has 3 heterocycles. The number of hydrogen-bond donors (Lipinski definition) is 0. The van der Waals surface area contributed by atoms with Crippen molar-refractivity contribution in [3.05, 3.63) is 54.2 Å². The Labute approximate surface area is 157 Å². The van der Waals surface area contributed by atoms with Crippen molar-refractivity contribution in [2.24, 2.45) is 0 Å². The fraction of sp³-hybridized carbons (Fsp3) is 0.316. The van der Waals surface area contributed by atoms with Crippen molar-refractivity contribution < 1.29 is 4.79 Å². The second-order valence-electron chi connectivity index (χ2n) is 6.37. The molecule has 0 spiro atoms. The molecule has 0 saturated carbocycles. The van der Waals surface area contributed by atoms with E-state index >= 15 is 0 Å². The maximum Gasteiger partial charge on any atom is 0.253 e. The second kappa shape index (κ2) is 7.53. The van der Waals surface area contributed by atoms with Crippen molar-refractivity contribution in [2.45, 2.75) is 13.5 Å². The molecule has 1 amide bonds. The topological polar surface area (TPSA) is 80.0 Å². The number of hydrogen-bond acceptors (Lipinski definition) is 6. The molecule has 0 N–H and O–H groups in total. The number of anilines is 1. The summed E-state index contributed by atoms with van der Waals surface area (Å²) >= 11 is 0. The van der Waals surface area contributed by atoms with Crippen LogP contribution >= 0.6 is 0 Å². The van der Waals surface area contributed by atoms with E-state index in [9.17, 15) is 4.79 Å². The van der Waals surface area contributed by atoms with Gasteiger partial charge in [0.15, 0.2) is 5.82 Å². The Hall–Kier alpha value is -3.29. The zero-order chi connectivity index (χ0) is 18.6. The SMILES string of the molecule is CCn1nnnc1-c1cccc(C(=O)N2CCN(c3ccccn3)CC2)c1. The van der Waals surface area contributed by atoms with Gasteiger partial charge in [-0.3, -0.25) is 4.79 Å². The van der Waals surface area contributed by atoms with Crippen molar-refractivity contribution in [1.82, 2.24) is 30.1 Å². The number of amides is 1. The van der Waals surface area contributed by atoms with Gasteiger partial charge in [-0.2, -0.15) is 0 Å². The highest BCUT2D eigenvalue weighted by Crippen LogP contribution is 2.19. The standard InChI is InChI=1S/C19H21N7O/c1-2-26-18(21-22-23-26)15-6-5-7-16(14-15)19(27)25-12-10-24(11-13-25)17-8-3-4-9-20-17/h3-9,14H,2,10-13H2,1H3. The van der Waals surface area contributed by atoms with Gasteiger partial charge in [-0.25, -0.2) is 9.67 Å². The summed E-state index contributed by atoms with van der Waals surface area (Å²) in [6, 6.07) is 13.4. The monoisotopic (exact) mass is 363 g/mol. The van der Waals surface area contributed by atoms with Gasteiger partial charge in [-0.15, -0.1) is 5.10 Å². The van der Waals surface area contributed by atoms with Crippen molar-refractivity contribution in [3.8, 4) is 11.4 Å². The molecule has 8 heteroatoms. The van der Waals surface area contributed by atoms with Gasteiger partial charge in [0, 0.05) is 50.0 Å². The van der Waals surface area contributed by atoms with Gasteiger partial charge in [0.25, 0.3) is 5.91 Å². The van der Waals surface area contributed by atoms with Crippen LogP contribution in [0.3, 0.4) is 0 Å². The fourth-order valence-electron chi connectivity index (χ4n) is 3.28. The van der Waals surface area contributed by atoms with E-state index in [1.54, 1.807) is 10.9 Å². The normalized spacial score (nSPS) is 14.4. The van der Waals surface area contributed by atoms with Crippen LogP contribution in [-0.4, -0.2) is 62.2 Å². The van der Waals surface area contributed by atoms with E-state index < -0.39 is 0 Å². The number of aromatic nitrogens is 5. The largest absolute Gasteiger partial charge is 0.353 e. The lowest BCUT2D eigenvalue weighted by atomic mass is 10.1. The van der Waals surface area contributed by atoms with Crippen LogP contribution in [0.4, 0.5) is 5.82 Å². The summed E-state index contributed by atoms with van der Waals surface area (Å²) in [5, 5.41) is 11.8. The molecule has 27 heavy (non-hydrogen) atoms. The van der Waals surface area contributed by atoms with Crippen LogP contribution < -0.4 is 4.90 Å². The Morgan fingerprint density at radius 3 is 2.67 bits per heavy atom. The lowest BCUT2D eigenvalue weighted by Gasteiger charge is -2.35. The van der Waals surface area contributed by atoms with E-state index in [4.69, 9.17) is 0 Å². The molecule has 4 rings (SSSR count). The first-order chi connectivity index (χ1) is 13.3. The van der Waals surface area contributed by atoms with Crippen LogP contribution in [-0.2, 0) is 6.54 Å². The van der Waals surface area contributed by atoms with E-state index in [1.807, 2.05) is 54.3 Å². The Bertz CT molecular complexity index is 917. The Balaban J connectivity index is 1.47.